The first-order chi connectivity index (χ1) is 12.0. The highest BCUT2D eigenvalue weighted by Gasteiger charge is 2.28. The lowest BCUT2D eigenvalue weighted by Gasteiger charge is -2.13. The van der Waals surface area contributed by atoms with E-state index in [1.54, 1.807) is 24.3 Å². The van der Waals surface area contributed by atoms with Gasteiger partial charge in [0.1, 0.15) is 0 Å². The van der Waals surface area contributed by atoms with Gasteiger partial charge in [0.2, 0.25) is 23.6 Å². The summed E-state index contributed by atoms with van der Waals surface area (Å²) in [6.07, 6.45) is 1.29. The zero-order valence-electron chi connectivity index (χ0n) is 13.7. The minimum atomic E-state index is -0.245. The first-order valence-electron chi connectivity index (χ1n) is 8.11. The van der Waals surface area contributed by atoms with Gasteiger partial charge in [-0.2, -0.15) is 0 Å². The molecule has 8 heteroatoms. The van der Waals surface area contributed by atoms with E-state index in [0.29, 0.717) is 23.7 Å². The minimum Gasteiger partial charge on any atom is -0.356 e. The first-order valence-corrected chi connectivity index (χ1v) is 8.49. The molecule has 1 aliphatic heterocycles. The minimum absolute atomic E-state index is 0.0778. The van der Waals surface area contributed by atoms with Gasteiger partial charge in [0.05, 0.1) is 0 Å². The van der Waals surface area contributed by atoms with E-state index in [1.165, 1.54) is 0 Å². The van der Waals surface area contributed by atoms with Gasteiger partial charge in [0, 0.05) is 49.5 Å². The molecule has 0 aromatic heterocycles. The number of carbonyl (C=O) groups is 4. The number of rotatable bonds is 8. The Hall–Kier alpha value is -2.41. The molecule has 134 valence electrons. The largest absolute Gasteiger partial charge is 0.356 e. The molecule has 0 unspecified atom stereocenters. The number of nitrogens with one attached hydrogen (secondary N) is 2. The van der Waals surface area contributed by atoms with Gasteiger partial charge in [0.25, 0.3) is 0 Å². The van der Waals surface area contributed by atoms with Crippen molar-refractivity contribution in [3.8, 4) is 0 Å². The second-order valence-corrected chi connectivity index (χ2v) is 6.13. The van der Waals surface area contributed by atoms with Gasteiger partial charge in [-0.1, -0.05) is 11.6 Å². The number of halogens is 1. The van der Waals surface area contributed by atoms with E-state index in [1.807, 2.05) is 0 Å². The number of likely N-dealkylation sites (tertiary alicyclic amines) is 1. The fourth-order valence-electron chi connectivity index (χ4n) is 2.41. The Labute approximate surface area is 150 Å². The molecular formula is C17H20ClN3O4. The van der Waals surface area contributed by atoms with Crippen molar-refractivity contribution in [3.63, 3.8) is 0 Å². The number of carbonyl (C=O) groups excluding carboxylic acids is 4. The van der Waals surface area contributed by atoms with Gasteiger partial charge in [-0.15, -0.1) is 0 Å². The molecule has 1 fully saturated rings. The highest BCUT2D eigenvalue weighted by atomic mass is 35.5. The number of anilines is 1. The molecule has 2 N–H and O–H groups in total. The summed E-state index contributed by atoms with van der Waals surface area (Å²) in [4.78, 5) is 47.5. The first kappa shape index (κ1) is 18.9. The zero-order valence-corrected chi connectivity index (χ0v) is 14.5. The van der Waals surface area contributed by atoms with E-state index < -0.39 is 0 Å². The van der Waals surface area contributed by atoms with Gasteiger partial charge >= 0.3 is 0 Å². The molecule has 25 heavy (non-hydrogen) atoms. The lowest BCUT2D eigenvalue weighted by atomic mass is 10.2. The van der Waals surface area contributed by atoms with Gasteiger partial charge < -0.3 is 10.6 Å². The van der Waals surface area contributed by atoms with Gasteiger partial charge in [0.15, 0.2) is 0 Å². The molecule has 0 saturated carbocycles. The summed E-state index contributed by atoms with van der Waals surface area (Å²) in [6.45, 7) is 0.468. The predicted molar refractivity (Wildman–Crippen MR) is 92.9 cm³/mol. The number of amides is 4. The number of hydrogen-bond donors (Lipinski definition) is 2. The van der Waals surface area contributed by atoms with E-state index in [-0.39, 0.29) is 55.9 Å². The van der Waals surface area contributed by atoms with Crippen molar-refractivity contribution in [1.29, 1.82) is 0 Å². The number of benzene rings is 1. The van der Waals surface area contributed by atoms with Gasteiger partial charge in [-0.3, -0.25) is 24.1 Å². The average Bonchev–Trinajstić information content (AvgIpc) is 2.90. The number of hydrogen-bond acceptors (Lipinski definition) is 4. The van der Waals surface area contributed by atoms with E-state index in [2.05, 4.69) is 10.6 Å². The van der Waals surface area contributed by atoms with Crippen LogP contribution in [0.5, 0.6) is 0 Å². The Balaban J connectivity index is 1.58. The fraction of sp³-hybridized carbons (Fsp3) is 0.412. The molecule has 1 heterocycles. The lowest BCUT2D eigenvalue weighted by molar-refractivity contribution is -0.138. The van der Waals surface area contributed by atoms with Crippen LogP contribution < -0.4 is 10.6 Å². The van der Waals surface area contributed by atoms with Crippen molar-refractivity contribution in [1.82, 2.24) is 10.2 Å². The topological polar surface area (TPSA) is 95.6 Å². The maximum absolute atomic E-state index is 11.8. The summed E-state index contributed by atoms with van der Waals surface area (Å²) in [6, 6.07) is 6.80. The van der Waals surface area contributed by atoms with Crippen LogP contribution in [0.2, 0.25) is 5.02 Å². The summed E-state index contributed by atoms with van der Waals surface area (Å²) in [5.41, 5.74) is 0.665. The monoisotopic (exact) mass is 365 g/mol. The summed E-state index contributed by atoms with van der Waals surface area (Å²) in [7, 11) is 0. The molecule has 0 spiro atoms. The van der Waals surface area contributed by atoms with Gasteiger partial charge in [-0.05, 0) is 30.7 Å². The van der Waals surface area contributed by atoms with Gasteiger partial charge in [-0.25, -0.2) is 0 Å². The van der Waals surface area contributed by atoms with E-state index in [9.17, 15) is 19.2 Å². The molecular weight excluding hydrogens is 346 g/mol. The Morgan fingerprint density at radius 3 is 2.28 bits per heavy atom. The van der Waals surface area contributed by atoms with Crippen molar-refractivity contribution < 1.29 is 19.2 Å². The van der Waals surface area contributed by atoms with E-state index in [0.717, 1.165) is 4.90 Å². The Morgan fingerprint density at radius 2 is 1.64 bits per heavy atom. The molecule has 0 atom stereocenters. The highest BCUT2D eigenvalue weighted by molar-refractivity contribution is 6.30. The van der Waals surface area contributed by atoms with Crippen LogP contribution in [0, 0.1) is 0 Å². The van der Waals surface area contributed by atoms with Crippen LogP contribution in [0.15, 0.2) is 24.3 Å². The summed E-state index contributed by atoms with van der Waals surface area (Å²) >= 11 is 5.77. The van der Waals surface area contributed by atoms with Crippen LogP contribution in [0.4, 0.5) is 5.69 Å². The summed E-state index contributed by atoms with van der Waals surface area (Å²) in [5, 5.41) is 6.01. The highest BCUT2D eigenvalue weighted by Crippen LogP contribution is 2.14. The zero-order chi connectivity index (χ0) is 18.2. The van der Waals surface area contributed by atoms with Crippen LogP contribution in [-0.4, -0.2) is 41.6 Å². The molecule has 1 aliphatic rings. The average molecular weight is 366 g/mol. The van der Waals surface area contributed by atoms with Crippen molar-refractivity contribution in [2.24, 2.45) is 0 Å². The Bertz CT molecular complexity index is 644. The third kappa shape index (κ3) is 6.19. The van der Waals surface area contributed by atoms with Crippen LogP contribution in [0.1, 0.15) is 32.1 Å². The van der Waals surface area contributed by atoms with Crippen molar-refractivity contribution in [2.75, 3.05) is 18.4 Å². The molecule has 2 rings (SSSR count). The van der Waals surface area contributed by atoms with Crippen molar-refractivity contribution in [3.05, 3.63) is 29.3 Å². The summed E-state index contributed by atoms with van der Waals surface area (Å²) in [5.74, 6) is -0.844. The van der Waals surface area contributed by atoms with E-state index in [4.69, 9.17) is 11.6 Å². The smallest absolute Gasteiger partial charge is 0.229 e. The van der Waals surface area contributed by atoms with Crippen LogP contribution in [0.25, 0.3) is 0 Å². The Morgan fingerprint density at radius 1 is 1.00 bits per heavy atom. The van der Waals surface area contributed by atoms with Crippen LogP contribution in [0.3, 0.4) is 0 Å². The molecule has 1 aromatic rings. The SMILES string of the molecule is O=C(CCN1C(=O)CCC1=O)NCCCC(=O)Nc1ccc(Cl)cc1. The predicted octanol–water partition coefficient (Wildman–Crippen LogP) is 1.71. The summed E-state index contributed by atoms with van der Waals surface area (Å²) < 4.78 is 0. The van der Waals surface area contributed by atoms with Crippen LogP contribution >= 0.6 is 11.6 Å². The molecule has 7 nitrogen and oxygen atoms in total. The second kappa shape index (κ2) is 9.17. The third-order valence-electron chi connectivity index (χ3n) is 3.75. The molecule has 0 radical (unpaired) electrons. The molecule has 1 aromatic carbocycles. The van der Waals surface area contributed by atoms with E-state index >= 15 is 0 Å². The standard InChI is InChI=1S/C17H20ClN3O4/c18-12-3-5-13(6-4-12)20-15(23)2-1-10-19-14(22)9-11-21-16(24)7-8-17(21)25/h3-6H,1-2,7-11H2,(H,19,22)(H,20,23). The van der Waals surface area contributed by atoms with Crippen LogP contribution in [-0.2, 0) is 19.2 Å². The molecule has 4 amide bonds. The normalized spacial score (nSPS) is 13.9. The molecule has 1 saturated heterocycles. The maximum atomic E-state index is 11.8. The molecule has 0 aliphatic carbocycles. The number of imide groups is 1. The molecule has 0 bridgehead atoms. The maximum Gasteiger partial charge on any atom is 0.229 e. The van der Waals surface area contributed by atoms with Crippen molar-refractivity contribution >= 4 is 40.9 Å². The fourth-order valence-corrected chi connectivity index (χ4v) is 2.53. The third-order valence-corrected chi connectivity index (χ3v) is 4.00. The number of nitrogens with zero attached hydrogens (tertiary/aromatic N) is 1. The Kier molecular flexibility index (Phi) is 6.94. The van der Waals surface area contributed by atoms with Crippen molar-refractivity contribution in [2.45, 2.75) is 32.1 Å². The second-order valence-electron chi connectivity index (χ2n) is 5.70. The quantitative estimate of drug-likeness (QED) is 0.541. The lowest BCUT2D eigenvalue weighted by Crippen LogP contribution is -2.34.